The van der Waals surface area contributed by atoms with Crippen LogP contribution in [-0.4, -0.2) is 42.5 Å². The number of aromatic nitrogens is 1. The zero-order valence-electron chi connectivity index (χ0n) is 15.0. The maximum absolute atomic E-state index is 14.5. The fourth-order valence-electron chi connectivity index (χ4n) is 3.08. The van der Waals surface area contributed by atoms with Gasteiger partial charge in [-0.05, 0) is 50.2 Å². The summed E-state index contributed by atoms with van der Waals surface area (Å²) < 4.78 is 75.3. The van der Waals surface area contributed by atoms with Gasteiger partial charge in [-0.25, -0.2) is 8.78 Å². The van der Waals surface area contributed by atoms with Gasteiger partial charge in [0.1, 0.15) is 23.5 Å². The lowest BCUT2D eigenvalue weighted by molar-refractivity contribution is -0.274. The molecule has 4 nitrogen and oxygen atoms in total. The maximum Gasteiger partial charge on any atom is 0.573 e. The van der Waals surface area contributed by atoms with Gasteiger partial charge >= 0.3 is 6.36 Å². The summed E-state index contributed by atoms with van der Waals surface area (Å²) in [4.78, 5) is 6.06. The Bertz CT molecular complexity index is 790. The summed E-state index contributed by atoms with van der Waals surface area (Å²) in [5.41, 5.74) is 0.0446. The molecule has 0 saturated carbocycles. The second-order valence-electron chi connectivity index (χ2n) is 6.65. The van der Waals surface area contributed by atoms with Crippen molar-refractivity contribution in [2.45, 2.75) is 31.4 Å². The molecule has 0 spiro atoms. The minimum Gasteiger partial charge on any atom is -0.406 e. The van der Waals surface area contributed by atoms with Crippen molar-refractivity contribution in [2.24, 2.45) is 0 Å². The number of hydrogen-bond acceptors (Lipinski definition) is 4. The summed E-state index contributed by atoms with van der Waals surface area (Å²) in [6, 6.07) is 5.17. The van der Waals surface area contributed by atoms with Crippen molar-refractivity contribution < 1.29 is 31.4 Å². The van der Waals surface area contributed by atoms with E-state index >= 15 is 0 Å². The average Bonchev–Trinajstić information content (AvgIpc) is 2.63. The maximum atomic E-state index is 14.5. The lowest BCUT2D eigenvalue weighted by atomic mass is 10.0. The third-order valence-electron chi connectivity index (χ3n) is 4.50. The van der Waals surface area contributed by atoms with Crippen LogP contribution >= 0.6 is 0 Å². The number of alkyl halides is 3. The monoisotopic (exact) mass is 402 g/mol. The summed E-state index contributed by atoms with van der Waals surface area (Å²) in [5, 5.41) is 0. The van der Waals surface area contributed by atoms with E-state index in [4.69, 9.17) is 4.74 Å². The van der Waals surface area contributed by atoms with Crippen LogP contribution in [0.25, 0.3) is 0 Å². The standard InChI is InChI=1S/C19H19F5N2O2/c1-26-8-6-13(7-9-26)27-18(17-5-2-12(20)11-25-17)15-10-14(3-4-16(15)21)28-19(22,23)24/h2-5,10-11,13,18H,6-9H2,1H3. The molecule has 1 fully saturated rings. The molecule has 0 N–H and O–H groups in total. The first kappa shape index (κ1) is 20.5. The molecule has 152 valence electrons. The van der Waals surface area contributed by atoms with E-state index in [1.165, 1.54) is 6.07 Å². The minimum absolute atomic E-state index is 0.153. The number of piperidine rings is 1. The zero-order valence-corrected chi connectivity index (χ0v) is 15.0. The second-order valence-corrected chi connectivity index (χ2v) is 6.65. The smallest absolute Gasteiger partial charge is 0.406 e. The van der Waals surface area contributed by atoms with E-state index in [1.807, 2.05) is 7.05 Å². The highest BCUT2D eigenvalue weighted by atomic mass is 19.4. The highest BCUT2D eigenvalue weighted by Gasteiger charge is 2.32. The molecule has 1 saturated heterocycles. The quantitative estimate of drug-likeness (QED) is 0.692. The third-order valence-corrected chi connectivity index (χ3v) is 4.50. The van der Waals surface area contributed by atoms with Gasteiger partial charge in [-0.15, -0.1) is 13.2 Å². The van der Waals surface area contributed by atoms with Gasteiger partial charge in [0, 0.05) is 18.7 Å². The van der Waals surface area contributed by atoms with E-state index in [0.717, 1.165) is 43.6 Å². The van der Waals surface area contributed by atoms with Crippen molar-refractivity contribution in [1.82, 2.24) is 9.88 Å². The van der Waals surface area contributed by atoms with Crippen molar-refractivity contribution >= 4 is 0 Å². The predicted octanol–water partition coefficient (Wildman–Crippen LogP) is 4.46. The Morgan fingerprint density at radius 2 is 1.82 bits per heavy atom. The Hall–Kier alpha value is -2.26. The van der Waals surface area contributed by atoms with Crippen LogP contribution in [0.15, 0.2) is 36.5 Å². The van der Waals surface area contributed by atoms with Gasteiger partial charge in [0.25, 0.3) is 0 Å². The number of benzene rings is 1. The molecule has 1 aromatic carbocycles. The average molecular weight is 402 g/mol. The van der Waals surface area contributed by atoms with Gasteiger partial charge in [-0.2, -0.15) is 0 Å². The number of pyridine rings is 1. The fraction of sp³-hybridized carbons (Fsp3) is 0.421. The first-order valence-electron chi connectivity index (χ1n) is 8.72. The largest absolute Gasteiger partial charge is 0.573 e. The summed E-state index contributed by atoms with van der Waals surface area (Å²) in [5.74, 6) is -1.92. The SMILES string of the molecule is CN1CCC(OC(c2ccc(F)cn2)c2cc(OC(F)(F)F)ccc2F)CC1. The van der Waals surface area contributed by atoms with Crippen molar-refractivity contribution in [3.05, 3.63) is 59.4 Å². The van der Waals surface area contributed by atoms with Gasteiger partial charge < -0.3 is 14.4 Å². The van der Waals surface area contributed by atoms with Crippen LogP contribution < -0.4 is 4.74 Å². The van der Waals surface area contributed by atoms with Crippen molar-refractivity contribution in [1.29, 1.82) is 0 Å². The van der Waals surface area contributed by atoms with Gasteiger partial charge in [0.15, 0.2) is 0 Å². The molecule has 2 aromatic rings. The van der Waals surface area contributed by atoms with Crippen molar-refractivity contribution in [2.75, 3.05) is 20.1 Å². The van der Waals surface area contributed by atoms with E-state index in [0.29, 0.717) is 12.8 Å². The summed E-state index contributed by atoms with van der Waals surface area (Å²) in [6.45, 7) is 1.54. The fourth-order valence-corrected chi connectivity index (χ4v) is 3.08. The Kier molecular flexibility index (Phi) is 6.14. The Morgan fingerprint density at radius 3 is 2.43 bits per heavy atom. The molecule has 3 rings (SSSR count). The predicted molar refractivity (Wildman–Crippen MR) is 90.7 cm³/mol. The molecule has 0 bridgehead atoms. The molecule has 0 amide bonds. The summed E-state index contributed by atoms with van der Waals surface area (Å²) in [7, 11) is 1.97. The minimum atomic E-state index is -4.91. The lowest BCUT2D eigenvalue weighted by Gasteiger charge is -2.32. The lowest BCUT2D eigenvalue weighted by Crippen LogP contribution is -2.35. The molecule has 1 atom stereocenters. The van der Waals surface area contributed by atoms with Gasteiger partial charge in [-0.3, -0.25) is 4.98 Å². The van der Waals surface area contributed by atoms with Crippen LogP contribution in [0.1, 0.15) is 30.2 Å². The van der Waals surface area contributed by atoms with E-state index in [2.05, 4.69) is 14.6 Å². The normalized spacial score (nSPS) is 17.5. The molecule has 1 unspecified atom stereocenters. The molecule has 0 radical (unpaired) electrons. The number of halogens is 5. The topological polar surface area (TPSA) is 34.6 Å². The molecular formula is C19H19F5N2O2. The van der Waals surface area contributed by atoms with E-state index in [1.54, 1.807) is 0 Å². The molecule has 0 aliphatic carbocycles. The first-order chi connectivity index (χ1) is 13.2. The van der Waals surface area contributed by atoms with Gasteiger partial charge in [-0.1, -0.05) is 0 Å². The van der Waals surface area contributed by atoms with E-state index < -0.39 is 29.9 Å². The van der Waals surface area contributed by atoms with E-state index in [9.17, 15) is 22.0 Å². The molecule has 2 heterocycles. The molecular weight excluding hydrogens is 383 g/mol. The Morgan fingerprint density at radius 1 is 1.11 bits per heavy atom. The number of likely N-dealkylation sites (tertiary alicyclic amines) is 1. The number of rotatable bonds is 5. The highest BCUT2D eigenvalue weighted by Crippen LogP contribution is 2.34. The second kappa shape index (κ2) is 8.40. The van der Waals surface area contributed by atoms with Gasteiger partial charge in [0.05, 0.1) is 18.0 Å². The van der Waals surface area contributed by atoms with Crippen molar-refractivity contribution in [3.8, 4) is 5.75 Å². The van der Waals surface area contributed by atoms with Crippen molar-refractivity contribution in [3.63, 3.8) is 0 Å². The van der Waals surface area contributed by atoms with Crippen LogP contribution in [0.3, 0.4) is 0 Å². The van der Waals surface area contributed by atoms with E-state index in [-0.39, 0.29) is 17.4 Å². The Labute approximate surface area is 158 Å². The molecule has 28 heavy (non-hydrogen) atoms. The van der Waals surface area contributed by atoms with Crippen LogP contribution in [0, 0.1) is 11.6 Å². The summed E-state index contributed by atoms with van der Waals surface area (Å²) in [6.07, 6.45) is -3.93. The van der Waals surface area contributed by atoms with Crippen LogP contribution in [0.2, 0.25) is 0 Å². The molecule has 9 heteroatoms. The molecule has 1 aromatic heterocycles. The number of nitrogens with zero attached hydrogens (tertiary/aromatic N) is 2. The third kappa shape index (κ3) is 5.39. The summed E-state index contributed by atoms with van der Waals surface area (Å²) >= 11 is 0. The van der Waals surface area contributed by atoms with Crippen LogP contribution in [0.4, 0.5) is 22.0 Å². The molecule has 1 aliphatic rings. The Balaban J connectivity index is 1.93. The van der Waals surface area contributed by atoms with Crippen LogP contribution in [0.5, 0.6) is 5.75 Å². The molecule has 1 aliphatic heterocycles. The first-order valence-corrected chi connectivity index (χ1v) is 8.72. The number of ether oxygens (including phenoxy) is 2. The highest BCUT2D eigenvalue weighted by molar-refractivity contribution is 5.35. The zero-order chi connectivity index (χ0) is 20.3. The van der Waals surface area contributed by atoms with Crippen LogP contribution in [-0.2, 0) is 4.74 Å². The number of hydrogen-bond donors (Lipinski definition) is 0. The van der Waals surface area contributed by atoms with Gasteiger partial charge in [0.2, 0.25) is 0 Å².